The fourth-order valence-corrected chi connectivity index (χ4v) is 2.81. The van der Waals surface area contributed by atoms with Crippen LogP contribution in [0.2, 0.25) is 0 Å². The molecule has 0 saturated heterocycles. The van der Waals surface area contributed by atoms with Gasteiger partial charge in [0.05, 0.1) is 30.6 Å². The molecule has 0 aliphatic heterocycles. The summed E-state index contributed by atoms with van der Waals surface area (Å²) in [4.78, 5) is 12.0. The maximum Gasteiger partial charge on any atom is 0.283 e. The molecule has 0 radical (unpaired) electrons. The molecule has 0 amide bonds. The van der Waals surface area contributed by atoms with Crippen LogP contribution in [-0.2, 0) is 11.3 Å². The van der Waals surface area contributed by atoms with E-state index < -0.39 is 0 Å². The third-order valence-corrected chi connectivity index (χ3v) is 4.15. The van der Waals surface area contributed by atoms with Crippen molar-refractivity contribution in [2.45, 2.75) is 38.0 Å². The lowest BCUT2D eigenvalue weighted by Crippen LogP contribution is -2.31. The van der Waals surface area contributed by atoms with E-state index >= 15 is 0 Å². The minimum atomic E-state index is -0.156. The maximum absolute atomic E-state index is 12.0. The molecule has 104 valence electrons. The topological polar surface area (TPSA) is 56.1 Å². The molecule has 5 nitrogen and oxygen atoms in total. The molecule has 1 heterocycles. The zero-order valence-corrected chi connectivity index (χ0v) is 12.5. The Balaban J connectivity index is 2.19. The molecule has 0 spiro atoms. The fraction of sp³-hybridized carbons (Fsp3) is 0.538. The van der Waals surface area contributed by atoms with Gasteiger partial charge in [0.2, 0.25) is 0 Å². The Labute approximate surface area is 120 Å². The predicted molar refractivity (Wildman–Crippen MR) is 78.5 cm³/mol. The summed E-state index contributed by atoms with van der Waals surface area (Å²) >= 11 is 3.34. The van der Waals surface area contributed by atoms with Gasteiger partial charge in [0, 0.05) is 7.11 Å². The summed E-state index contributed by atoms with van der Waals surface area (Å²) in [5.41, 5.74) is 0.566. The lowest BCUT2D eigenvalue weighted by atomic mass is 10.2. The number of methoxy groups -OCH3 is 1. The van der Waals surface area contributed by atoms with Crippen molar-refractivity contribution in [3.05, 3.63) is 33.7 Å². The van der Waals surface area contributed by atoms with Crippen LogP contribution in [0.5, 0.6) is 0 Å². The molecule has 1 saturated carbocycles. The van der Waals surface area contributed by atoms with E-state index in [9.17, 15) is 4.79 Å². The van der Waals surface area contributed by atoms with Gasteiger partial charge in [-0.3, -0.25) is 4.79 Å². The molecule has 19 heavy (non-hydrogen) atoms. The van der Waals surface area contributed by atoms with E-state index in [2.05, 4.69) is 32.9 Å². The van der Waals surface area contributed by atoms with E-state index in [1.807, 2.05) is 0 Å². The number of ether oxygens (including phenoxy) is 1. The summed E-state index contributed by atoms with van der Waals surface area (Å²) in [6, 6.07) is 0.234. The largest absolute Gasteiger partial charge is 0.379 e. The Hall–Kier alpha value is -1.14. The lowest BCUT2D eigenvalue weighted by Gasteiger charge is -2.21. The predicted octanol–water partition coefficient (Wildman–Crippen LogP) is 2.17. The Kier molecular flexibility index (Phi) is 4.76. The summed E-state index contributed by atoms with van der Waals surface area (Å²) in [7, 11) is 1.72. The smallest absolute Gasteiger partial charge is 0.283 e. The molecule has 0 aromatic carbocycles. The Morgan fingerprint density at radius 1 is 1.68 bits per heavy atom. The summed E-state index contributed by atoms with van der Waals surface area (Å²) in [5.74, 6) is 0. The molecule has 2 rings (SSSR count). The second-order valence-corrected chi connectivity index (χ2v) is 5.40. The molecular formula is C13H18BrN3O2. The zero-order valence-electron chi connectivity index (χ0n) is 10.9. The first-order valence-corrected chi connectivity index (χ1v) is 7.12. The molecular weight excluding hydrogens is 310 g/mol. The van der Waals surface area contributed by atoms with Crippen LogP contribution in [0, 0.1) is 0 Å². The van der Waals surface area contributed by atoms with Crippen molar-refractivity contribution >= 4 is 21.6 Å². The highest BCUT2D eigenvalue weighted by atomic mass is 79.9. The minimum Gasteiger partial charge on any atom is -0.379 e. The van der Waals surface area contributed by atoms with Crippen molar-refractivity contribution in [2.75, 3.05) is 12.4 Å². The number of halogens is 1. The fourth-order valence-electron chi connectivity index (χ4n) is 2.39. The van der Waals surface area contributed by atoms with Crippen molar-refractivity contribution in [3.8, 4) is 0 Å². The van der Waals surface area contributed by atoms with Gasteiger partial charge in [0.1, 0.15) is 4.47 Å². The maximum atomic E-state index is 12.0. The van der Waals surface area contributed by atoms with Crippen molar-refractivity contribution in [2.24, 2.45) is 0 Å². The van der Waals surface area contributed by atoms with E-state index in [0.717, 1.165) is 24.9 Å². The van der Waals surface area contributed by atoms with E-state index in [1.54, 1.807) is 19.4 Å². The van der Waals surface area contributed by atoms with Crippen LogP contribution < -0.4 is 10.9 Å². The van der Waals surface area contributed by atoms with E-state index in [-0.39, 0.29) is 17.7 Å². The first kappa shape index (κ1) is 14.3. The quantitative estimate of drug-likeness (QED) is 0.842. The van der Waals surface area contributed by atoms with Gasteiger partial charge in [-0.25, -0.2) is 4.68 Å². The number of nitrogens with zero attached hydrogens (tertiary/aromatic N) is 2. The van der Waals surface area contributed by atoms with Crippen LogP contribution in [0.15, 0.2) is 28.1 Å². The summed E-state index contributed by atoms with van der Waals surface area (Å²) in [6.45, 7) is 4.01. The van der Waals surface area contributed by atoms with Crippen LogP contribution in [0.25, 0.3) is 0 Å². The van der Waals surface area contributed by atoms with Gasteiger partial charge in [-0.05, 0) is 35.2 Å². The van der Waals surface area contributed by atoms with Crippen LogP contribution >= 0.6 is 15.9 Å². The highest BCUT2D eigenvalue weighted by molar-refractivity contribution is 9.10. The van der Waals surface area contributed by atoms with Gasteiger partial charge in [0.15, 0.2) is 0 Å². The van der Waals surface area contributed by atoms with Crippen LogP contribution in [0.3, 0.4) is 0 Å². The standard InChI is InChI=1S/C13H18BrN3O2/c1-3-7-17-13(18)12(14)10(8-15-17)16-9-5-4-6-11(9)19-2/h3,8-9,11,16H,1,4-7H2,2H3. The molecule has 1 aliphatic rings. The van der Waals surface area contributed by atoms with Gasteiger partial charge < -0.3 is 10.1 Å². The average Bonchev–Trinajstić information content (AvgIpc) is 2.86. The minimum absolute atomic E-state index is 0.156. The number of hydrogen-bond donors (Lipinski definition) is 1. The van der Waals surface area contributed by atoms with Crippen molar-refractivity contribution in [3.63, 3.8) is 0 Å². The van der Waals surface area contributed by atoms with Crippen molar-refractivity contribution in [1.82, 2.24) is 9.78 Å². The average molecular weight is 328 g/mol. The summed E-state index contributed by atoms with van der Waals surface area (Å²) < 4.78 is 7.30. The van der Waals surface area contributed by atoms with Gasteiger partial charge >= 0.3 is 0 Å². The third-order valence-electron chi connectivity index (χ3n) is 3.38. The highest BCUT2D eigenvalue weighted by Crippen LogP contribution is 2.26. The molecule has 0 bridgehead atoms. The number of allylic oxidation sites excluding steroid dienone is 1. The molecule has 2 unspecified atom stereocenters. The summed E-state index contributed by atoms with van der Waals surface area (Å²) in [6.07, 6.45) is 6.73. The van der Waals surface area contributed by atoms with Crippen molar-refractivity contribution in [1.29, 1.82) is 0 Å². The second kappa shape index (κ2) is 6.34. The van der Waals surface area contributed by atoms with Gasteiger partial charge in [-0.2, -0.15) is 5.10 Å². The Morgan fingerprint density at radius 2 is 2.47 bits per heavy atom. The Bertz CT molecular complexity index is 515. The number of aromatic nitrogens is 2. The molecule has 1 aromatic rings. The normalized spacial score (nSPS) is 22.4. The van der Waals surface area contributed by atoms with E-state index in [1.165, 1.54) is 4.68 Å². The van der Waals surface area contributed by atoms with Gasteiger partial charge in [0.25, 0.3) is 5.56 Å². The summed E-state index contributed by atoms with van der Waals surface area (Å²) in [5, 5.41) is 7.47. The molecule has 1 fully saturated rings. The van der Waals surface area contributed by atoms with E-state index in [4.69, 9.17) is 4.74 Å². The van der Waals surface area contributed by atoms with Crippen molar-refractivity contribution < 1.29 is 4.74 Å². The van der Waals surface area contributed by atoms with Crippen LogP contribution in [0.4, 0.5) is 5.69 Å². The number of rotatable bonds is 5. The number of nitrogens with one attached hydrogen (secondary N) is 1. The van der Waals surface area contributed by atoms with E-state index in [0.29, 0.717) is 11.0 Å². The molecule has 1 N–H and O–H groups in total. The second-order valence-electron chi connectivity index (χ2n) is 4.60. The highest BCUT2D eigenvalue weighted by Gasteiger charge is 2.27. The van der Waals surface area contributed by atoms with Gasteiger partial charge in [-0.1, -0.05) is 6.08 Å². The monoisotopic (exact) mass is 327 g/mol. The molecule has 1 aromatic heterocycles. The number of hydrogen-bond acceptors (Lipinski definition) is 4. The third kappa shape index (κ3) is 3.06. The van der Waals surface area contributed by atoms with Crippen LogP contribution in [0.1, 0.15) is 19.3 Å². The lowest BCUT2D eigenvalue weighted by molar-refractivity contribution is 0.101. The first-order chi connectivity index (χ1) is 9.17. The van der Waals surface area contributed by atoms with Crippen LogP contribution in [-0.4, -0.2) is 29.0 Å². The van der Waals surface area contributed by atoms with Gasteiger partial charge in [-0.15, -0.1) is 6.58 Å². The first-order valence-electron chi connectivity index (χ1n) is 6.33. The SMILES string of the molecule is C=CCn1ncc(NC2CCCC2OC)c(Br)c1=O. The molecule has 2 atom stereocenters. The zero-order chi connectivity index (χ0) is 13.8. The number of anilines is 1. The molecule has 1 aliphatic carbocycles. The molecule has 6 heteroatoms. The Morgan fingerprint density at radius 3 is 3.16 bits per heavy atom.